The molecule has 0 aliphatic rings. The molecule has 0 saturated heterocycles. The van der Waals surface area contributed by atoms with Gasteiger partial charge in [-0.3, -0.25) is 0 Å². The number of hydrogen-bond donors (Lipinski definition) is 3. The molecule has 0 bridgehead atoms. The van der Waals surface area contributed by atoms with E-state index >= 15 is 0 Å². The van der Waals surface area contributed by atoms with Crippen LogP contribution in [0.2, 0.25) is 0 Å². The van der Waals surface area contributed by atoms with E-state index in [1.54, 1.807) is 18.2 Å². The van der Waals surface area contributed by atoms with Gasteiger partial charge in [0, 0.05) is 11.8 Å². The number of aliphatic hydroxyl groups is 1. The van der Waals surface area contributed by atoms with Crippen molar-refractivity contribution in [2.45, 2.75) is 13.0 Å². The first kappa shape index (κ1) is 15.9. The molecule has 0 heterocycles. The normalized spacial score (nSPS) is 11.5. The van der Waals surface area contributed by atoms with Crippen LogP contribution in [0.4, 0.5) is 10.5 Å². The van der Waals surface area contributed by atoms with Crippen LogP contribution >= 0.6 is 0 Å². The molecule has 2 aromatic rings. The highest BCUT2D eigenvalue weighted by Gasteiger charge is 2.13. The topological polar surface area (TPSA) is 70.6 Å². The highest BCUT2D eigenvalue weighted by atomic mass is 16.5. The van der Waals surface area contributed by atoms with Gasteiger partial charge in [-0.25, -0.2) is 4.79 Å². The molecule has 22 heavy (non-hydrogen) atoms. The summed E-state index contributed by atoms with van der Waals surface area (Å²) in [5.41, 5.74) is 1.48. The molecule has 0 spiro atoms. The number of anilines is 1. The molecule has 0 aliphatic heterocycles. The summed E-state index contributed by atoms with van der Waals surface area (Å²) < 4.78 is 5.39. The summed E-state index contributed by atoms with van der Waals surface area (Å²) in [5, 5.41) is 14.9. The van der Waals surface area contributed by atoms with E-state index in [0.717, 1.165) is 5.56 Å². The van der Waals surface area contributed by atoms with E-state index in [1.807, 2.05) is 43.3 Å². The van der Waals surface area contributed by atoms with Gasteiger partial charge in [0.2, 0.25) is 0 Å². The van der Waals surface area contributed by atoms with Crippen molar-refractivity contribution >= 4 is 11.7 Å². The van der Waals surface area contributed by atoms with E-state index < -0.39 is 6.04 Å². The van der Waals surface area contributed by atoms with E-state index in [0.29, 0.717) is 18.0 Å². The standard InChI is InChI=1S/C17H20N2O3/c1-2-22-15-10-6-9-14(11-15)18-17(21)19-16(12-20)13-7-4-3-5-8-13/h3-11,16,20H,2,12H2,1H3,(H2,18,19,21). The summed E-state index contributed by atoms with van der Waals surface area (Å²) in [5.74, 6) is 0.696. The predicted molar refractivity (Wildman–Crippen MR) is 86.0 cm³/mol. The molecule has 2 rings (SSSR count). The second-order valence-electron chi connectivity index (χ2n) is 4.71. The van der Waals surface area contributed by atoms with Crippen LogP contribution in [0.3, 0.4) is 0 Å². The monoisotopic (exact) mass is 300 g/mol. The number of amides is 2. The van der Waals surface area contributed by atoms with Crippen LogP contribution < -0.4 is 15.4 Å². The first-order valence-corrected chi connectivity index (χ1v) is 7.19. The van der Waals surface area contributed by atoms with Crippen LogP contribution in [0.15, 0.2) is 54.6 Å². The highest BCUT2D eigenvalue weighted by molar-refractivity contribution is 5.89. The maximum absolute atomic E-state index is 12.1. The fourth-order valence-corrected chi connectivity index (χ4v) is 2.08. The average Bonchev–Trinajstić information content (AvgIpc) is 2.54. The molecule has 0 radical (unpaired) electrons. The molecule has 0 aromatic heterocycles. The van der Waals surface area contributed by atoms with Crippen molar-refractivity contribution in [3.05, 3.63) is 60.2 Å². The lowest BCUT2D eigenvalue weighted by molar-refractivity contribution is 0.225. The van der Waals surface area contributed by atoms with Crippen molar-refractivity contribution in [3.8, 4) is 5.75 Å². The maximum Gasteiger partial charge on any atom is 0.319 e. The van der Waals surface area contributed by atoms with Crippen LogP contribution in [-0.4, -0.2) is 24.4 Å². The lowest BCUT2D eigenvalue weighted by Crippen LogP contribution is -2.34. The number of carbonyl (C=O) groups excluding carboxylic acids is 1. The fourth-order valence-electron chi connectivity index (χ4n) is 2.08. The Labute approximate surface area is 129 Å². The number of ether oxygens (including phenoxy) is 1. The minimum Gasteiger partial charge on any atom is -0.494 e. The van der Waals surface area contributed by atoms with Crippen LogP contribution in [0, 0.1) is 0 Å². The lowest BCUT2D eigenvalue weighted by atomic mass is 10.1. The molecular formula is C17H20N2O3. The number of hydrogen-bond acceptors (Lipinski definition) is 3. The molecular weight excluding hydrogens is 280 g/mol. The Balaban J connectivity index is 1.98. The Morgan fingerprint density at radius 1 is 1.18 bits per heavy atom. The first-order chi connectivity index (χ1) is 10.7. The molecule has 116 valence electrons. The molecule has 3 N–H and O–H groups in total. The number of nitrogens with one attached hydrogen (secondary N) is 2. The fraction of sp³-hybridized carbons (Fsp3) is 0.235. The summed E-state index contributed by atoms with van der Waals surface area (Å²) >= 11 is 0. The first-order valence-electron chi connectivity index (χ1n) is 7.19. The third-order valence-corrected chi connectivity index (χ3v) is 3.09. The van der Waals surface area contributed by atoms with Gasteiger partial charge in [-0.2, -0.15) is 0 Å². The molecule has 5 nitrogen and oxygen atoms in total. The Bertz CT molecular complexity index is 602. The molecule has 0 aliphatic carbocycles. The van der Waals surface area contributed by atoms with Crippen molar-refractivity contribution in [3.63, 3.8) is 0 Å². The third kappa shape index (κ3) is 4.49. The minimum atomic E-state index is -0.448. The Morgan fingerprint density at radius 3 is 2.64 bits per heavy atom. The zero-order chi connectivity index (χ0) is 15.8. The predicted octanol–water partition coefficient (Wildman–Crippen LogP) is 2.94. The summed E-state index contributed by atoms with van der Waals surface area (Å²) in [6.07, 6.45) is 0. The summed E-state index contributed by atoms with van der Waals surface area (Å²) in [7, 11) is 0. The summed E-state index contributed by atoms with van der Waals surface area (Å²) in [6.45, 7) is 2.30. The number of aliphatic hydroxyl groups excluding tert-OH is 1. The van der Waals surface area contributed by atoms with Crippen molar-refractivity contribution in [2.75, 3.05) is 18.5 Å². The van der Waals surface area contributed by atoms with E-state index in [2.05, 4.69) is 10.6 Å². The van der Waals surface area contributed by atoms with Gasteiger partial charge in [0.15, 0.2) is 0 Å². The molecule has 5 heteroatoms. The van der Waals surface area contributed by atoms with E-state index in [-0.39, 0.29) is 12.6 Å². The highest BCUT2D eigenvalue weighted by Crippen LogP contribution is 2.18. The SMILES string of the molecule is CCOc1cccc(NC(=O)NC(CO)c2ccccc2)c1. The summed E-state index contributed by atoms with van der Waals surface area (Å²) in [6, 6.07) is 15.7. The number of urea groups is 1. The van der Waals surface area contributed by atoms with E-state index in [4.69, 9.17) is 4.74 Å². The largest absolute Gasteiger partial charge is 0.494 e. The average molecular weight is 300 g/mol. The van der Waals surface area contributed by atoms with Crippen molar-refractivity contribution in [1.82, 2.24) is 5.32 Å². The lowest BCUT2D eigenvalue weighted by Gasteiger charge is -2.17. The number of carbonyl (C=O) groups is 1. The second kappa shape index (κ2) is 8.05. The van der Waals surface area contributed by atoms with E-state index in [9.17, 15) is 9.90 Å². The van der Waals surface area contributed by atoms with E-state index in [1.165, 1.54) is 0 Å². The molecule has 0 saturated carbocycles. The van der Waals surface area contributed by atoms with Crippen LogP contribution in [-0.2, 0) is 0 Å². The summed E-state index contributed by atoms with van der Waals surface area (Å²) in [4.78, 5) is 12.1. The van der Waals surface area contributed by atoms with Crippen LogP contribution in [0.25, 0.3) is 0 Å². The van der Waals surface area contributed by atoms with Gasteiger partial charge < -0.3 is 20.5 Å². The second-order valence-corrected chi connectivity index (χ2v) is 4.71. The quantitative estimate of drug-likeness (QED) is 0.768. The Hall–Kier alpha value is -2.53. The van der Waals surface area contributed by atoms with Gasteiger partial charge in [-0.1, -0.05) is 36.4 Å². The van der Waals surface area contributed by atoms with Gasteiger partial charge in [-0.15, -0.1) is 0 Å². The van der Waals surface area contributed by atoms with Gasteiger partial charge in [0.05, 0.1) is 19.3 Å². The molecule has 2 amide bonds. The smallest absolute Gasteiger partial charge is 0.319 e. The molecule has 0 fully saturated rings. The van der Waals surface area contributed by atoms with Gasteiger partial charge in [-0.05, 0) is 24.6 Å². The Morgan fingerprint density at radius 2 is 1.95 bits per heavy atom. The number of benzene rings is 2. The molecule has 1 atom stereocenters. The maximum atomic E-state index is 12.1. The van der Waals surface area contributed by atoms with Gasteiger partial charge in [0.1, 0.15) is 5.75 Å². The third-order valence-electron chi connectivity index (χ3n) is 3.09. The van der Waals surface area contributed by atoms with Crippen LogP contribution in [0.5, 0.6) is 5.75 Å². The van der Waals surface area contributed by atoms with Crippen molar-refractivity contribution in [2.24, 2.45) is 0 Å². The zero-order valence-electron chi connectivity index (χ0n) is 12.5. The minimum absolute atomic E-state index is 0.170. The van der Waals surface area contributed by atoms with Crippen molar-refractivity contribution in [1.29, 1.82) is 0 Å². The van der Waals surface area contributed by atoms with Crippen molar-refractivity contribution < 1.29 is 14.6 Å². The Kier molecular flexibility index (Phi) is 5.80. The van der Waals surface area contributed by atoms with Gasteiger partial charge in [0.25, 0.3) is 0 Å². The zero-order valence-corrected chi connectivity index (χ0v) is 12.5. The molecule has 2 aromatic carbocycles. The van der Waals surface area contributed by atoms with Crippen LogP contribution in [0.1, 0.15) is 18.5 Å². The van der Waals surface area contributed by atoms with Gasteiger partial charge >= 0.3 is 6.03 Å². The number of rotatable bonds is 6. The molecule has 1 unspecified atom stereocenters.